The summed E-state index contributed by atoms with van der Waals surface area (Å²) in [6.07, 6.45) is 0.146. The fourth-order valence-corrected chi connectivity index (χ4v) is 2.44. The Labute approximate surface area is 123 Å². The van der Waals surface area contributed by atoms with Crippen molar-refractivity contribution in [3.63, 3.8) is 0 Å². The van der Waals surface area contributed by atoms with Gasteiger partial charge in [-0.15, -0.1) is 0 Å². The number of halogens is 4. The highest BCUT2D eigenvalue weighted by Gasteiger charge is 2.17. The molecule has 0 aliphatic heterocycles. The van der Waals surface area contributed by atoms with Crippen LogP contribution in [0.4, 0.5) is 13.2 Å². The quantitative estimate of drug-likeness (QED) is 0.869. The SMILES string of the molecule is CNC(Cc1c(F)cccc1F)c1ccc(F)c(Br)c1. The number of benzene rings is 2. The zero-order valence-electron chi connectivity index (χ0n) is 10.8. The minimum atomic E-state index is -0.577. The Morgan fingerprint density at radius 2 is 1.70 bits per heavy atom. The largest absolute Gasteiger partial charge is 0.313 e. The topological polar surface area (TPSA) is 12.0 Å². The van der Waals surface area contributed by atoms with Crippen LogP contribution in [0.2, 0.25) is 0 Å². The van der Waals surface area contributed by atoms with Crippen LogP contribution >= 0.6 is 15.9 Å². The van der Waals surface area contributed by atoms with Crippen molar-refractivity contribution in [2.75, 3.05) is 7.05 Å². The normalized spacial score (nSPS) is 12.4. The minimum absolute atomic E-state index is 0.0206. The van der Waals surface area contributed by atoms with Crippen molar-refractivity contribution >= 4 is 15.9 Å². The summed E-state index contributed by atoms with van der Waals surface area (Å²) in [6.45, 7) is 0. The van der Waals surface area contributed by atoms with Gasteiger partial charge in [0.15, 0.2) is 0 Å². The minimum Gasteiger partial charge on any atom is -0.313 e. The lowest BCUT2D eigenvalue weighted by Crippen LogP contribution is -2.20. The third-order valence-electron chi connectivity index (χ3n) is 3.16. The fraction of sp³-hybridized carbons (Fsp3) is 0.200. The first kappa shape index (κ1) is 15.1. The standard InChI is InChI=1S/C15H13BrF3N/c1-20-15(9-5-6-14(19)11(16)7-9)8-10-12(17)3-2-4-13(10)18/h2-7,15,20H,8H2,1H3. The van der Waals surface area contributed by atoms with Crippen LogP contribution in [-0.2, 0) is 6.42 Å². The molecule has 1 atom stereocenters. The molecule has 0 aliphatic rings. The monoisotopic (exact) mass is 343 g/mol. The van der Waals surface area contributed by atoms with Gasteiger partial charge < -0.3 is 5.32 Å². The Balaban J connectivity index is 2.31. The van der Waals surface area contributed by atoms with Crippen molar-refractivity contribution in [3.05, 3.63) is 69.4 Å². The lowest BCUT2D eigenvalue weighted by atomic mass is 9.98. The molecule has 1 N–H and O–H groups in total. The van der Waals surface area contributed by atoms with E-state index in [-0.39, 0.29) is 23.8 Å². The van der Waals surface area contributed by atoms with E-state index in [9.17, 15) is 13.2 Å². The first-order valence-corrected chi connectivity index (χ1v) is 6.87. The van der Waals surface area contributed by atoms with E-state index >= 15 is 0 Å². The van der Waals surface area contributed by atoms with Gasteiger partial charge in [-0.1, -0.05) is 12.1 Å². The van der Waals surface area contributed by atoms with E-state index in [1.165, 1.54) is 24.3 Å². The summed E-state index contributed by atoms with van der Waals surface area (Å²) in [5, 5.41) is 2.99. The van der Waals surface area contributed by atoms with Crippen LogP contribution in [0.3, 0.4) is 0 Å². The molecule has 2 aromatic carbocycles. The van der Waals surface area contributed by atoms with Gasteiger partial charge >= 0.3 is 0 Å². The molecule has 0 heterocycles. The molecule has 106 valence electrons. The molecular weight excluding hydrogens is 331 g/mol. The summed E-state index contributed by atoms with van der Waals surface area (Å²) in [6, 6.07) is 8.00. The molecule has 1 unspecified atom stereocenters. The van der Waals surface area contributed by atoms with Crippen LogP contribution in [0.1, 0.15) is 17.2 Å². The highest BCUT2D eigenvalue weighted by atomic mass is 79.9. The maximum Gasteiger partial charge on any atom is 0.137 e. The lowest BCUT2D eigenvalue weighted by molar-refractivity contribution is 0.514. The summed E-state index contributed by atoms with van der Waals surface area (Å²) < 4.78 is 40.9. The molecule has 1 nitrogen and oxygen atoms in total. The highest BCUT2D eigenvalue weighted by Crippen LogP contribution is 2.25. The number of hydrogen-bond acceptors (Lipinski definition) is 1. The number of likely N-dealkylation sites (N-methyl/N-ethyl adjacent to an activating group) is 1. The van der Waals surface area contributed by atoms with Crippen molar-refractivity contribution in [2.24, 2.45) is 0 Å². The van der Waals surface area contributed by atoms with Crippen molar-refractivity contribution in [1.29, 1.82) is 0 Å². The Hall–Kier alpha value is -1.33. The average Bonchev–Trinajstić information content (AvgIpc) is 2.42. The summed E-state index contributed by atoms with van der Waals surface area (Å²) in [5.41, 5.74) is 0.774. The Kier molecular flexibility index (Phi) is 4.83. The smallest absolute Gasteiger partial charge is 0.137 e. The maximum atomic E-state index is 13.7. The number of rotatable bonds is 4. The van der Waals surface area contributed by atoms with Gasteiger partial charge in [-0.3, -0.25) is 0 Å². The predicted molar refractivity (Wildman–Crippen MR) is 76.0 cm³/mol. The van der Waals surface area contributed by atoms with E-state index in [2.05, 4.69) is 21.2 Å². The van der Waals surface area contributed by atoms with E-state index in [0.717, 1.165) is 5.56 Å². The predicted octanol–water partition coefficient (Wildman–Crippen LogP) is 4.37. The Morgan fingerprint density at radius 3 is 2.25 bits per heavy atom. The van der Waals surface area contributed by atoms with Gasteiger partial charge in [0, 0.05) is 11.6 Å². The third-order valence-corrected chi connectivity index (χ3v) is 3.77. The van der Waals surface area contributed by atoms with Crippen molar-refractivity contribution in [3.8, 4) is 0 Å². The van der Waals surface area contributed by atoms with E-state index in [1.54, 1.807) is 19.2 Å². The molecule has 0 spiro atoms. The molecular formula is C15H13BrF3N. The van der Waals surface area contributed by atoms with Gasteiger partial charge in [0.2, 0.25) is 0 Å². The van der Waals surface area contributed by atoms with Gasteiger partial charge in [-0.25, -0.2) is 13.2 Å². The molecule has 0 radical (unpaired) electrons. The molecule has 0 bridgehead atoms. The summed E-state index contributed by atoms with van der Waals surface area (Å²) in [7, 11) is 1.70. The molecule has 2 rings (SSSR count). The van der Waals surface area contributed by atoms with Crippen LogP contribution in [0.15, 0.2) is 40.9 Å². The van der Waals surface area contributed by atoms with E-state index < -0.39 is 11.6 Å². The molecule has 0 amide bonds. The summed E-state index contributed by atoms with van der Waals surface area (Å²) in [5.74, 6) is -1.53. The van der Waals surface area contributed by atoms with E-state index in [4.69, 9.17) is 0 Å². The zero-order chi connectivity index (χ0) is 14.7. The second kappa shape index (κ2) is 6.41. The van der Waals surface area contributed by atoms with Crippen molar-refractivity contribution in [1.82, 2.24) is 5.32 Å². The Bertz CT molecular complexity index is 596. The molecule has 0 fully saturated rings. The fourth-order valence-electron chi connectivity index (χ4n) is 2.05. The first-order valence-electron chi connectivity index (χ1n) is 6.08. The van der Waals surface area contributed by atoms with E-state index in [1.807, 2.05) is 0 Å². The lowest BCUT2D eigenvalue weighted by Gasteiger charge is -2.18. The van der Waals surface area contributed by atoms with E-state index in [0.29, 0.717) is 4.47 Å². The maximum absolute atomic E-state index is 13.7. The molecule has 0 aromatic heterocycles. The molecule has 20 heavy (non-hydrogen) atoms. The summed E-state index contributed by atoms with van der Waals surface area (Å²) in [4.78, 5) is 0. The first-order chi connectivity index (χ1) is 9.52. The molecule has 5 heteroatoms. The van der Waals surface area contributed by atoms with Crippen LogP contribution in [0.5, 0.6) is 0 Å². The average molecular weight is 344 g/mol. The van der Waals surface area contributed by atoms with Crippen LogP contribution in [0.25, 0.3) is 0 Å². The zero-order valence-corrected chi connectivity index (χ0v) is 12.3. The number of hydrogen-bond donors (Lipinski definition) is 1. The van der Waals surface area contributed by atoms with Crippen molar-refractivity contribution < 1.29 is 13.2 Å². The second-order valence-electron chi connectivity index (χ2n) is 4.42. The van der Waals surface area contributed by atoms with Crippen LogP contribution in [-0.4, -0.2) is 7.05 Å². The van der Waals surface area contributed by atoms with Gasteiger partial charge in [-0.05, 0) is 59.2 Å². The number of nitrogens with one attached hydrogen (secondary N) is 1. The molecule has 0 saturated carbocycles. The van der Waals surface area contributed by atoms with Crippen LogP contribution < -0.4 is 5.32 Å². The third kappa shape index (κ3) is 3.22. The summed E-state index contributed by atoms with van der Waals surface area (Å²) >= 11 is 3.11. The van der Waals surface area contributed by atoms with Gasteiger partial charge in [-0.2, -0.15) is 0 Å². The molecule has 2 aromatic rings. The van der Waals surface area contributed by atoms with Crippen LogP contribution in [0, 0.1) is 17.5 Å². The van der Waals surface area contributed by atoms with Gasteiger partial charge in [0.1, 0.15) is 17.5 Å². The van der Waals surface area contributed by atoms with Gasteiger partial charge in [0.25, 0.3) is 0 Å². The van der Waals surface area contributed by atoms with Gasteiger partial charge in [0.05, 0.1) is 4.47 Å². The highest BCUT2D eigenvalue weighted by molar-refractivity contribution is 9.10. The second-order valence-corrected chi connectivity index (χ2v) is 5.27. The Morgan fingerprint density at radius 1 is 1.05 bits per heavy atom. The molecule has 0 aliphatic carbocycles. The molecule has 0 saturated heterocycles. The van der Waals surface area contributed by atoms with Crippen molar-refractivity contribution in [2.45, 2.75) is 12.5 Å².